The van der Waals surface area contributed by atoms with Gasteiger partial charge in [0.05, 0.1) is 11.6 Å². The van der Waals surface area contributed by atoms with Gasteiger partial charge in [-0.15, -0.1) is 0 Å². The van der Waals surface area contributed by atoms with Crippen molar-refractivity contribution in [2.45, 2.75) is 25.3 Å². The number of H-pyrrole nitrogens is 1. The molecule has 4 N–H and O–H groups in total. The number of aromatic amines is 1. The van der Waals surface area contributed by atoms with Gasteiger partial charge in [-0.3, -0.25) is 5.10 Å². The zero-order valence-corrected chi connectivity index (χ0v) is 11.5. The number of benzene rings is 1. The van der Waals surface area contributed by atoms with Gasteiger partial charge in [0.15, 0.2) is 5.65 Å². The molecule has 1 aromatic carbocycles. The first kappa shape index (κ1) is 12.1. The molecule has 2 heterocycles. The number of rotatable bonds is 2. The molecule has 3 aromatic rings. The highest BCUT2D eigenvalue weighted by Crippen LogP contribution is 2.25. The van der Waals surface area contributed by atoms with E-state index in [0.29, 0.717) is 11.7 Å². The lowest BCUT2D eigenvalue weighted by atomic mass is 9.88. The first-order valence-corrected chi connectivity index (χ1v) is 7.09. The van der Waals surface area contributed by atoms with E-state index in [2.05, 4.69) is 49.7 Å². The summed E-state index contributed by atoms with van der Waals surface area (Å²) in [5.74, 6) is 1.01. The quantitative estimate of drug-likeness (QED) is 0.666. The molecule has 0 saturated heterocycles. The van der Waals surface area contributed by atoms with Gasteiger partial charge in [0.2, 0.25) is 5.95 Å². The van der Waals surface area contributed by atoms with Gasteiger partial charge in [-0.25, -0.2) is 0 Å². The van der Waals surface area contributed by atoms with E-state index in [9.17, 15) is 0 Å². The molecule has 4 rings (SSSR count). The molecular formula is C15H16N6. The van der Waals surface area contributed by atoms with Crippen LogP contribution >= 0.6 is 0 Å². The smallest absolute Gasteiger partial charge is 0.224 e. The molecule has 6 nitrogen and oxygen atoms in total. The molecule has 0 amide bonds. The molecule has 0 bridgehead atoms. The van der Waals surface area contributed by atoms with Crippen LogP contribution in [-0.2, 0) is 12.8 Å². The van der Waals surface area contributed by atoms with Gasteiger partial charge in [0.25, 0.3) is 0 Å². The molecule has 0 fully saturated rings. The summed E-state index contributed by atoms with van der Waals surface area (Å²) in [4.78, 5) is 8.45. The van der Waals surface area contributed by atoms with Crippen LogP contribution in [0.25, 0.3) is 11.0 Å². The Labute approximate surface area is 121 Å². The molecule has 2 aromatic heterocycles. The average Bonchev–Trinajstić information content (AvgIpc) is 2.95. The highest BCUT2D eigenvalue weighted by atomic mass is 15.2. The number of aryl methyl sites for hydroxylation is 1. The van der Waals surface area contributed by atoms with Gasteiger partial charge >= 0.3 is 0 Å². The van der Waals surface area contributed by atoms with Gasteiger partial charge in [-0.1, -0.05) is 24.3 Å². The second kappa shape index (κ2) is 4.73. The zero-order chi connectivity index (χ0) is 14.2. The molecule has 21 heavy (non-hydrogen) atoms. The minimum absolute atomic E-state index is 0.255. The number of nitrogens with zero attached hydrogens (tertiary/aromatic N) is 3. The number of nitrogens with one attached hydrogen (secondary N) is 2. The number of nitrogens with two attached hydrogens (primary N) is 1. The Balaban J connectivity index is 1.63. The average molecular weight is 280 g/mol. The Hall–Kier alpha value is -2.63. The van der Waals surface area contributed by atoms with Gasteiger partial charge < -0.3 is 11.1 Å². The lowest BCUT2D eigenvalue weighted by molar-refractivity contribution is 0.609. The molecule has 1 atom stereocenters. The second-order valence-electron chi connectivity index (χ2n) is 5.42. The molecular weight excluding hydrogens is 264 g/mol. The number of fused-ring (bicyclic) bond motifs is 2. The molecule has 6 heteroatoms. The van der Waals surface area contributed by atoms with Crippen molar-refractivity contribution in [2.75, 3.05) is 11.1 Å². The van der Waals surface area contributed by atoms with Gasteiger partial charge in [-0.05, 0) is 30.4 Å². The Morgan fingerprint density at radius 2 is 2.05 bits per heavy atom. The summed E-state index contributed by atoms with van der Waals surface area (Å²) in [5, 5.41) is 11.2. The summed E-state index contributed by atoms with van der Waals surface area (Å²) in [6.45, 7) is 0. The van der Waals surface area contributed by atoms with Crippen molar-refractivity contribution in [1.29, 1.82) is 0 Å². The predicted molar refractivity (Wildman–Crippen MR) is 82.0 cm³/mol. The van der Waals surface area contributed by atoms with Crippen LogP contribution in [0.2, 0.25) is 0 Å². The number of hydrogen-bond acceptors (Lipinski definition) is 5. The maximum absolute atomic E-state index is 5.76. The fourth-order valence-electron chi connectivity index (χ4n) is 2.98. The van der Waals surface area contributed by atoms with Crippen molar-refractivity contribution in [2.24, 2.45) is 0 Å². The zero-order valence-electron chi connectivity index (χ0n) is 11.5. The standard InChI is InChI=1S/C15H16N6/c16-15-19-13(12-8-17-21-14(12)20-15)18-11-6-5-9-3-1-2-4-10(9)7-11/h1-4,8,11H,5-7H2,(H4,16,17,18,19,20,21). The Kier molecular flexibility index (Phi) is 2.73. The molecule has 0 saturated carbocycles. The van der Waals surface area contributed by atoms with Crippen LogP contribution in [0.3, 0.4) is 0 Å². The first-order chi connectivity index (χ1) is 10.3. The number of aromatic nitrogens is 4. The van der Waals surface area contributed by atoms with Crippen LogP contribution in [0.15, 0.2) is 30.5 Å². The van der Waals surface area contributed by atoms with Crippen molar-refractivity contribution >= 4 is 22.8 Å². The minimum Gasteiger partial charge on any atom is -0.368 e. The fraction of sp³-hybridized carbons (Fsp3) is 0.267. The first-order valence-electron chi connectivity index (χ1n) is 7.09. The number of anilines is 2. The van der Waals surface area contributed by atoms with E-state index in [4.69, 9.17) is 5.73 Å². The molecule has 1 aliphatic carbocycles. The largest absolute Gasteiger partial charge is 0.368 e. The Morgan fingerprint density at radius 3 is 2.95 bits per heavy atom. The van der Waals surface area contributed by atoms with E-state index < -0.39 is 0 Å². The van der Waals surface area contributed by atoms with Gasteiger partial charge in [0, 0.05) is 6.04 Å². The Bertz CT molecular complexity index is 794. The number of hydrogen-bond donors (Lipinski definition) is 3. The van der Waals surface area contributed by atoms with Crippen LogP contribution in [0.5, 0.6) is 0 Å². The van der Waals surface area contributed by atoms with Crippen LogP contribution in [-0.4, -0.2) is 26.2 Å². The third-order valence-electron chi connectivity index (χ3n) is 4.01. The monoisotopic (exact) mass is 280 g/mol. The highest BCUT2D eigenvalue weighted by molar-refractivity contribution is 5.86. The van der Waals surface area contributed by atoms with E-state index in [0.717, 1.165) is 30.5 Å². The molecule has 1 aliphatic rings. The third-order valence-corrected chi connectivity index (χ3v) is 4.01. The van der Waals surface area contributed by atoms with Crippen molar-refractivity contribution < 1.29 is 0 Å². The normalized spacial score (nSPS) is 17.6. The fourth-order valence-corrected chi connectivity index (χ4v) is 2.98. The summed E-state index contributed by atoms with van der Waals surface area (Å²) in [7, 11) is 0. The van der Waals surface area contributed by atoms with Crippen molar-refractivity contribution in [3.8, 4) is 0 Å². The van der Waals surface area contributed by atoms with Crippen LogP contribution in [0.1, 0.15) is 17.5 Å². The molecule has 0 aliphatic heterocycles. The van der Waals surface area contributed by atoms with Crippen molar-refractivity contribution in [3.05, 3.63) is 41.6 Å². The summed E-state index contributed by atoms with van der Waals surface area (Å²) in [6, 6.07) is 8.96. The lowest BCUT2D eigenvalue weighted by Crippen LogP contribution is -2.28. The van der Waals surface area contributed by atoms with Gasteiger partial charge in [-0.2, -0.15) is 15.1 Å². The summed E-state index contributed by atoms with van der Waals surface area (Å²) in [5.41, 5.74) is 9.28. The highest BCUT2D eigenvalue weighted by Gasteiger charge is 2.19. The maximum Gasteiger partial charge on any atom is 0.224 e. The molecule has 1 unspecified atom stereocenters. The summed E-state index contributed by atoms with van der Waals surface area (Å²) in [6.07, 6.45) is 4.90. The van der Waals surface area contributed by atoms with E-state index >= 15 is 0 Å². The van der Waals surface area contributed by atoms with E-state index in [1.54, 1.807) is 6.20 Å². The molecule has 0 spiro atoms. The Morgan fingerprint density at radius 1 is 1.19 bits per heavy atom. The van der Waals surface area contributed by atoms with Crippen molar-refractivity contribution in [1.82, 2.24) is 20.2 Å². The third kappa shape index (κ3) is 2.18. The SMILES string of the molecule is Nc1nc(NC2CCc3ccccc3C2)c2cn[nH]c2n1. The van der Waals surface area contributed by atoms with Crippen LogP contribution in [0.4, 0.5) is 11.8 Å². The van der Waals surface area contributed by atoms with Gasteiger partial charge in [0.1, 0.15) is 5.82 Å². The minimum atomic E-state index is 0.255. The van der Waals surface area contributed by atoms with Crippen LogP contribution in [0, 0.1) is 0 Å². The van der Waals surface area contributed by atoms with E-state index in [1.807, 2.05) is 0 Å². The van der Waals surface area contributed by atoms with Crippen LogP contribution < -0.4 is 11.1 Å². The molecule has 106 valence electrons. The summed E-state index contributed by atoms with van der Waals surface area (Å²) >= 11 is 0. The second-order valence-corrected chi connectivity index (χ2v) is 5.42. The lowest BCUT2D eigenvalue weighted by Gasteiger charge is -2.26. The summed E-state index contributed by atoms with van der Waals surface area (Å²) < 4.78 is 0. The maximum atomic E-state index is 5.76. The molecule has 0 radical (unpaired) electrons. The van der Waals surface area contributed by atoms with Crippen molar-refractivity contribution in [3.63, 3.8) is 0 Å². The predicted octanol–water partition coefficient (Wildman–Crippen LogP) is 1.90. The van der Waals surface area contributed by atoms with E-state index in [-0.39, 0.29) is 5.95 Å². The number of nitrogen functional groups attached to an aromatic ring is 1. The topological polar surface area (TPSA) is 92.5 Å². The van der Waals surface area contributed by atoms with E-state index in [1.165, 1.54) is 11.1 Å².